The molecule has 0 radical (unpaired) electrons. The van der Waals surface area contributed by atoms with Crippen molar-refractivity contribution in [3.63, 3.8) is 0 Å². The maximum atomic E-state index is 13.8. The van der Waals surface area contributed by atoms with Gasteiger partial charge in [-0.2, -0.15) is 10.4 Å². The Bertz CT molecular complexity index is 1140. The maximum Gasteiger partial charge on any atom is 0.241 e. The number of ether oxygens (including phenoxy) is 1. The number of amides is 1. The predicted octanol–water partition coefficient (Wildman–Crippen LogP) is 3.16. The lowest BCUT2D eigenvalue weighted by Crippen LogP contribution is -2.45. The standard InChI is InChI=1S/C25H26N4O3/c1-24(2,3)22(30)20-19(15-9-11-17(32-4)12-10-15)25(14-26,23(27)31)21-18-8-6-5-7-16(18)13-28-29(20)21/h5-13,19-21H,1-4H3,(H2,27,31)/t19-,20-,21+,25+/m1/s1. The summed E-state index contributed by atoms with van der Waals surface area (Å²) >= 11 is 0. The van der Waals surface area contributed by atoms with Gasteiger partial charge in [0.15, 0.2) is 11.2 Å². The first kappa shape index (κ1) is 21.6. The molecular weight excluding hydrogens is 404 g/mol. The van der Waals surface area contributed by atoms with Crippen molar-refractivity contribution in [2.75, 3.05) is 7.11 Å². The van der Waals surface area contributed by atoms with E-state index in [-0.39, 0.29) is 5.78 Å². The van der Waals surface area contributed by atoms with Crippen LogP contribution in [0.4, 0.5) is 0 Å². The highest BCUT2D eigenvalue weighted by atomic mass is 16.5. The number of hydrogen-bond acceptors (Lipinski definition) is 6. The smallest absolute Gasteiger partial charge is 0.241 e. The van der Waals surface area contributed by atoms with E-state index in [1.54, 1.807) is 42.6 Å². The van der Waals surface area contributed by atoms with Crippen molar-refractivity contribution in [1.82, 2.24) is 5.01 Å². The van der Waals surface area contributed by atoms with Crippen LogP contribution in [-0.4, -0.2) is 36.1 Å². The topological polar surface area (TPSA) is 109 Å². The van der Waals surface area contributed by atoms with Crippen LogP contribution in [0.1, 0.15) is 49.4 Å². The molecule has 0 unspecified atom stereocenters. The third-order valence-corrected chi connectivity index (χ3v) is 6.48. The average Bonchev–Trinajstić information content (AvgIpc) is 3.09. The van der Waals surface area contributed by atoms with E-state index >= 15 is 0 Å². The van der Waals surface area contributed by atoms with Gasteiger partial charge in [-0.1, -0.05) is 57.2 Å². The summed E-state index contributed by atoms with van der Waals surface area (Å²) in [6.45, 7) is 5.48. The molecule has 2 N–H and O–H groups in total. The number of nitrogens with zero attached hydrogens (tertiary/aromatic N) is 3. The Labute approximate surface area is 187 Å². The lowest BCUT2D eigenvalue weighted by Gasteiger charge is -2.35. The number of methoxy groups -OCH3 is 1. The Balaban J connectivity index is 2.03. The third kappa shape index (κ3) is 2.98. The Morgan fingerprint density at radius 2 is 1.81 bits per heavy atom. The molecule has 1 amide bonds. The summed E-state index contributed by atoms with van der Waals surface area (Å²) in [6.07, 6.45) is 1.67. The Morgan fingerprint density at radius 1 is 1.16 bits per heavy atom. The van der Waals surface area contributed by atoms with Crippen molar-refractivity contribution >= 4 is 17.9 Å². The van der Waals surface area contributed by atoms with Crippen LogP contribution >= 0.6 is 0 Å². The van der Waals surface area contributed by atoms with Gasteiger partial charge in [-0.15, -0.1) is 0 Å². The van der Waals surface area contributed by atoms with E-state index in [1.165, 1.54) is 0 Å². The zero-order valence-electron chi connectivity index (χ0n) is 18.6. The number of Topliss-reactive ketones (excluding diaryl/α,β-unsaturated/α-hetero) is 1. The molecule has 1 fully saturated rings. The number of ketones is 1. The molecule has 2 aliphatic heterocycles. The minimum absolute atomic E-state index is 0.113. The molecule has 7 nitrogen and oxygen atoms in total. The molecule has 0 bridgehead atoms. The molecule has 7 heteroatoms. The van der Waals surface area contributed by atoms with Crippen LogP contribution in [0, 0.1) is 22.2 Å². The van der Waals surface area contributed by atoms with Gasteiger partial charge < -0.3 is 10.5 Å². The SMILES string of the molecule is COc1ccc([C@@H]2[C@H](C(=O)C(C)(C)C)N3N=Cc4ccccc4[C@H]3[C@@]2(C#N)C(N)=O)cc1. The Kier molecular flexibility index (Phi) is 5.04. The largest absolute Gasteiger partial charge is 0.497 e. The van der Waals surface area contributed by atoms with Gasteiger partial charge >= 0.3 is 0 Å². The maximum absolute atomic E-state index is 13.8. The summed E-state index contributed by atoms with van der Waals surface area (Å²) in [5, 5.41) is 16.7. The third-order valence-electron chi connectivity index (χ3n) is 6.48. The number of fused-ring (bicyclic) bond motifs is 3. The second kappa shape index (κ2) is 7.49. The molecule has 2 aromatic rings. The van der Waals surface area contributed by atoms with Crippen molar-refractivity contribution in [3.8, 4) is 11.8 Å². The molecule has 2 aromatic carbocycles. The van der Waals surface area contributed by atoms with Crippen molar-refractivity contribution in [2.45, 2.75) is 38.8 Å². The van der Waals surface area contributed by atoms with Crippen LogP contribution in [0.5, 0.6) is 5.75 Å². The van der Waals surface area contributed by atoms with Crippen LogP contribution in [0.25, 0.3) is 0 Å². The first-order valence-corrected chi connectivity index (χ1v) is 10.5. The van der Waals surface area contributed by atoms with Gasteiger partial charge in [0, 0.05) is 11.3 Å². The Morgan fingerprint density at radius 3 is 2.38 bits per heavy atom. The molecule has 2 heterocycles. The molecule has 0 spiro atoms. The number of nitrogens with two attached hydrogens (primary N) is 1. The summed E-state index contributed by atoms with van der Waals surface area (Å²) in [5.74, 6) is -1.06. The molecule has 32 heavy (non-hydrogen) atoms. The molecule has 2 aliphatic rings. The van der Waals surface area contributed by atoms with Crippen LogP contribution in [0.3, 0.4) is 0 Å². The molecule has 0 aromatic heterocycles. The number of hydrazone groups is 1. The fraction of sp³-hybridized carbons (Fsp3) is 0.360. The molecule has 1 saturated heterocycles. The quantitative estimate of drug-likeness (QED) is 0.801. The van der Waals surface area contributed by atoms with E-state index < -0.39 is 34.7 Å². The summed E-state index contributed by atoms with van der Waals surface area (Å²) in [7, 11) is 1.56. The fourth-order valence-electron chi connectivity index (χ4n) is 4.92. The van der Waals surface area contributed by atoms with Crippen LogP contribution in [0.2, 0.25) is 0 Å². The number of carbonyl (C=O) groups is 2. The van der Waals surface area contributed by atoms with Crippen molar-refractivity contribution in [3.05, 3.63) is 65.2 Å². The number of hydrogen-bond donors (Lipinski definition) is 1. The van der Waals surface area contributed by atoms with Crippen LogP contribution in [0.15, 0.2) is 53.6 Å². The van der Waals surface area contributed by atoms with Crippen molar-refractivity contribution < 1.29 is 14.3 Å². The van der Waals surface area contributed by atoms with Crippen LogP contribution in [-0.2, 0) is 9.59 Å². The number of benzene rings is 2. The van der Waals surface area contributed by atoms with Gasteiger partial charge in [0.1, 0.15) is 17.8 Å². The first-order chi connectivity index (χ1) is 15.2. The van der Waals surface area contributed by atoms with Crippen molar-refractivity contribution in [1.29, 1.82) is 5.26 Å². The van der Waals surface area contributed by atoms with Crippen LogP contribution < -0.4 is 10.5 Å². The molecule has 0 saturated carbocycles. The van der Waals surface area contributed by atoms with Gasteiger partial charge in [0.2, 0.25) is 5.91 Å². The first-order valence-electron chi connectivity index (χ1n) is 10.5. The molecule has 4 atom stereocenters. The fourth-order valence-corrected chi connectivity index (χ4v) is 4.92. The van der Waals surface area contributed by atoms with Gasteiger partial charge in [-0.05, 0) is 28.8 Å². The highest BCUT2D eigenvalue weighted by molar-refractivity contribution is 5.96. The van der Waals surface area contributed by atoms with E-state index in [4.69, 9.17) is 10.5 Å². The normalized spacial score (nSPS) is 26.1. The van der Waals surface area contributed by atoms with E-state index in [9.17, 15) is 14.9 Å². The number of primary amides is 1. The Hall–Kier alpha value is -3.66. The minimum Gasteiger partial charge on any atom is -0.497 e. The van der Waals surface area contributed by atoms with Gasteiger partial charge in [0.25, 0.3) is 0 Å². The van der Waals surface area contributed by atoms with Gasteiger partial charge in [-0.25, -0.2) is 0 Å². The van der Waals surface area contributed by atoms with E-state index in [0.29, 0.717) is 11.3 Å². The van der Waals surface area contributed by atoms with E-state index in [2.05, 4.69) is 11.2 Å². The second-order valence-electron chi connectivity index (χ2n) is 9.31. The minimum atomic E-state index is -1.70. The number of carbonyl (C=O) groups excluding carboxylic acids is 2. The summed E-state index contributed by atoms with van der Waals surface area (Å²) in [4.78, 5) is 26.9. The molecular formula is C25H26N4O3. The second-order valence-corrected chi connectivity index (χ2v) is 9.31. The average molecular weight is 431 g/mol. The predicted molar refractivity (Wildman–Crippen MR) is 120 cm³/mol. The highest BCUT2D eigenvalue weighted by Gasteiger charge is 2.67. The van der Waals surface area contributed by atoms with E-state index in [0.717, 1.165) is 11.1 Å². The summed E-state index contributed by atoms with van der Waals surface area (Å²) < 4.78 is 5.27. The lowest BCUT2D eigenvalue weighted by molar-refractivity contribution is -0.131. The monoisotopic (exact) mass is 430 g/mol. The molecule has 0 aliphatic carbocycles. The zero-order valence-corrected chi connectivity index (χ0v) is 18.6. The van der Waals surface area contributed by atoms with Gasteiger partial charge in [-0.3, -0.25) is 14.6 Å². The molecule has 4 rings (SSSR count). The van der Waals surface area contributed by atoms with Crippen molar-refractivity contribution in [2.24, 2.45) is 21.7 Å². The lowest BCUT2D eigenvalue weighted by atomic mass is 9.65. The number of rotatable bonds is 4. The summed E-state index contributed by atoms with van der Waals surface area (Å²) in [5.41, 5.74) is 5.78. The van der Waals surface area contributed by atoms with E-state index in [1.807, 2.05) is 45.0 Å². The highest BCUT2D eigenvalue weighted by Crippen LogP contribution is 2.60. The number of nitriles is 1. The van der Waals surface area contributed by atoms with Gasteiger partial charge in [0.05, 0.1) is 19.4 Å². The molecule has 164 valence electrons. The summed E-state index contributed by atoms with van der Waals surface area (Å²) in [6, 6.07) is 15.2. The zero-order chi connectivity index (χ0) is 23.3.